The summed E-state index contributed by atoms with van der Waals surface area (Å²) < 4.78 is 0. The largest absolute Gasteiger partial charge is 0.303 e. The molecule has 0 amide bonds. The molecule has 0 bridgehead atoms. The number of piperidine rings is 1. The molecule has 1 aliphatic heterocycles. The van der Waals surface area contributed by atoms with Crippen molar-refractivity contribution in [2.24, 2.45) is 5.92 Å². The standard InChI is InChI=1S/C19H21NO/c21-15-16-11-13-20(14-12-16)19(17-7-3-1-4-8-17)18-9-5-2-6-10-18/h1-10,15-16,19H,11-14H2. The zero-order chi connectivity index (χ0) is 14.5. The highest BCUT2D eigenvalue weighted by molar-refractivity contribution is 5.53. The van der Waals surface area contributed by atoms with E-state index in [4.69, 9.17) is 0 Å². The Balaban J connectivity index is 1.89. The maximum atomic E-state index is 11.0. The molecule has 0 aliphatic carbocycles. The van der Waals surface area contributed by atoms with E-state index in [1.807, 2.05) is 0 Å². The molecule has 1 fully saturated rings. The highest BCUT2D eigenvalue weighted by Crippen LogP contribution is 2.31. The van der Waals surface area contributed by atoms with Gasteiger partial charge in [0.2, 0.25) is 0 Å². The Morgan fingerprint density at radius 2 is 1.33 bits per heavy atom. The predicted molar refractivity (Wildman–Crippen MR) is 85.1 cm³/mol. The smallest absolute Gasteiger partial charge is 0.123 e. The molecule has 0 spiro atoms. The van der Waals surface area contributed by atoms with Crippen LogP contribution in [0, 0.1) is 5.92 Å². The van der Waals surface area contributed by atoms with Crippen molar-refractivity contribution in [3.63, 3.8) is 0 Å². The van der Waals surface area contributed by atoms with Gasteiger partial charge in [-0.2, -0.15) is 0 Å². The maximum Gasteiger partial charge on any atom is 0.123 e. The van der Waals surface area contributed by atoms with Gasteiger partial charge in [0.1, 0.15) is 6.29 Å². The van der Waals surface area contributed by atoms with Gasteiger partial charge in [-0.05, 0) is 37.1 Å². The molecule has 1 aliphatic rings. The molecule has 0 unspecified atom stereocenters. The fourth-order valence-corrected chi connectivity index (χ4v) is 3.20. The molecular weight excluding hydrogens is 258 g/mol. The molecule has 3 rings (SSSR count). The number of nitrogens with zero attached hydrogens (tertiary/aromatic N) is 1. The van der Waals surface area contributed by atoms with Gasteiger partial charge in [0.25, 0.3) is 0 Å². The lowest BCUT2D eigenvalue weighted by molar-refractivity contribution is -0.112. The molecule has 0 atom stereocenters. The van der Waals surface area contributed by atoms with E-state index < -0.39 is 0 Å². The van der Waals surface area contributed by atoms with Gasteiger partial charge in [0.15, 0.2) is 0 Å². The Morgan fingerprint density at radius 3 is 1.76 bits per heavy atom. The number of benzene rings is 2. The van der Waals surface area contributed by atoms with Gasteiger partial charge in [-0.25, -0.2) is 0 Å². The summed E-state index contributed by atoms with van der Waals surface area (Å²) in [5, 5.41) is 0. The van der Waals surface area contributed by atoms with Crippen LogP contribution in [0.5, 0.6) is 0 Å². The van der Waals surface area contributed by atoms with Gasteiger partial charge in [0, 0.05) is 5.92 Å². The molecule has 0 radical (unpaired) electrons. The van der Waals surface area contributed by atoms with Gasteiger partial charge in [-0.15, -0.1) is 0 Å². The van der Waals surface area contributed by atoms with Crippen LogP contribution in [-0.4, -0.2) is 24.3 Å². The lowest BCUT2D eigenvalue weighted by Crippen LogP contribution is -2.37. The van der Waals surface area contributed by atoms with Gasteiger partial charge < -0.3 is 4.79 Å². The molecule has 2 nitrogen and oxygen atoms in total. The van der Waals surface area contributed by atoms with E-state index in [1.165, 1.54) is 11.1 Å². The number of hydrogen-bond donors (Lipinski definition) is 0. The summed E-state index contributed by atoms with van der Waals surface area (Å²) >= 11 is 0. The highest BCUT2D eigenvalue weighted by atomic mass is 16.1. The second-order valence-electron chi connectivity index (χ2n) is 5.73. The zero-order valence-corrected chi connectivity index (χ0v) is 12.2. The van der Waals surface area contributed by atoms with Crippen LogP contribution in [-0.2, 0) is 4.79 Å². The molecule has 2 aromatic carbocycles. The second kappa shape index (κ2) is 6.68. The second-order valence-corrected chi connectivity index (χ2v) is 5.73. The molecule has 1 saturated heterocycles. The van der Waals surface area contributed by atoms with Crippen molar-refractivity contribution in [1.82, 2.24) is 4.90 Å². The zero-order valence-electron chi connectivity index (χ0n) is 12.2. The van der Waals surface area contributed by atoms with E-state index in [1.54, 1.807) is 0 Å². The third-order valence-electron chi connectivity index (χ3n) is 4.36. The quantitative estimate of drug-likeness (QED) is 0.796. The Hall–Kier alpha value is -1.93. The Bertz CT molecular complexity index is 519. The molecule has 0 saturated carbocycles. The lowest BCUT2D eigenvalue weighted by atomic mass is 9.92. The summed E-state index contributed by atoms with van der Waals surface area (Å²) in [6, 6.07) is 21.6. The van der Waals surface area contributed by atoms with Crippen LogP contribution < -0.4 is 0 Å². The summed E-state index contributed by atoms with van der Waals surface area (Å²) in [5.74, 6) is 0.244. The van der Waals surface area contributed by atoms with Crippen molar-refractivity contribution in [2.75, 3.05) is 13.1 Å². The minimum absolute atomic E-state index is 0.244. The first-order valence-corrected chi connectivity index (χ1v) is 7.67. The third-order valence-corrected chi connectivity index (χ3v) is 4.36. The van der Waals surface area contributed by atoms with Crippen molar-refractivity contribution in [3.05, 3.63) is 71.8 Å². The monoisotopic (exact) mass is 279 g/mol. The van der Waals surface area contributed by atoms with E-state index >= 15 is 0 Å². The number of carbonyl (C=O) groups excluding carboxylic acids is 1. The van der Waals surface area contributed by atoms with Crippen LogP contribution >= 0.6 is 0 Å². The fourth-order valence-electron chi connectivity index (χ4n) is 3.20. The van der Waals surface area contributed by atoms with Crippen molar-refractivity contribution in [3.8, 4) is 0 Å². The molecule has 2 heteroatoms. The minimum Gasteiger partial charge on any atom is -0.303 e. The molecule has 2 aromatic rings. The lowest BCUT2D eigenvalue weighted by Gasteiger charge is -2.37. The van der Waals surface area contributed by atoms with Crippen molar-refractivity contribution >= 4 is 6.29 Å². The van der Waals surface area contributed by atoms with Crippen LogP contribution in [0.3, 0.4) is 0 Å². The fraction of sp³-hybridized carbons (Fsp3) is 0.316. The predicted octanol–water partition coefficient (Wildman–Crippen LogP) is 3.69. The Labute approximate surface area is 126 Å². The normalized spacial score (nSPS) is 17.0. The summed E-state index contributed by atoms with van der Waals surface area (Å²) in [6.45, 7) is 1.97. The van der Waals surface area contributed by atoms with Gasteiger partial charge >= 0.3 is 0 Å². The van der Waals surface area contributed by atoms with E-state index in [2.05, 4.69) is 65.6 Å². The van der Waals surface area contributed by atoms with Crippen LogP contribution in [0.4, 0.5) is 0 Å². The van der Waals surface area contributed by atoms with Gasteiger partial charge in [-0.1, -0.05) is 60.7 Å². The first-order chi connectivity index (χ1) is 10.4. The van der Waals surface area contributed by atoms with E-state index in [9.17, 15) is 4.79 Å². The van der Waals surface area contributed by atoms with Crippen molar-refractivity contribution < 1.29 is 4.79 Å². The summed E-state index contributed by atoms with van der Waals surface area (Å²) in [6.07, 6.45) is 3.07. The molecule has 108 valence electrons. The summed E-state index contributed by atoms with van der Waals surface area (Å²) in [4.78, 5) is 13.5. The average molecular weight is 279 g/mol. The topological polar surface area (TPSA) is 20.3 Å². The number of carbonyl (C=O) groups is 1. The first-order valence-electron chi connectivity index (χ1n) is 7.67. The SMILES string of the molecule is O=CC1CCN(C(c2ccccc2)c2ccccc2)CC1. The number of hydrogen-bond acceptors (Lipinski definition) is 2. The van der Waals surface area contributed by atoms with Crippen LogP contribution in [0.25, 0.3) is 0 Å². The van der Waals surface area contributed by atoms with Crippen LogP contribution in [0.2, 0.25) is 0 Å². The molecule has 1 heterocycles. The van der Waals surface area contributed by atoms with E-state index in [0.29, 0.717) is 6.04 Å². The van der Waals surface area contributed by atoms with E-state index in [0.717, 1.165) is 32.2 Å². The van der Waals surface area contributed by atoms with Gasteiger partial charge in [-0.3, -0.25) is 4.90 Å². The number of likely N-dealkylation sites (tertiary alicyclic amines) is 1. The van der Waals surface area contributed by atoms with Crippen molar-refractivity contribution in [1.29, 1.82) is 0 Å². The molecule has 0 aromatic heterocycles. The first kappa shape index (κ1) is 14.0. The molecule has 0 N–H and O–H groups in total. The highest BCUT2D eigenvalue weighted by Gasteiger charge is 2.26. The number of aldehydes is 1. The average Bonchev–Trinajstić information content (AvgIpc) is 2.58. The summed E-state index contributed by atoms with van der Waals surface area (Å²) in [5.41, 5.74) is 2.65. The summed E-state index contributed by atoms with van der Waals surface area (Å²) in [7, 11) is 0. The van der Waals surface area contributed by atoms with Crippen LogP contribution in [0.1, 0.15) is 30.0 Å². The number of rotatable bonds is 4. The van der Waals surface area contributed by atoms with Crippen LogP contribution in [0.15, 0.2) is 60.7 Å². The maximum absolute atomic E-state index is 11.0. The molecule has 21 heavy (non-hydrogen) atoms. The van der Waals surface area contributed by atoms with E-state index in [-0.39, 0.29) is 5.92 Å². The molecular formula is C19H21NO. The Kier molecular flexibility index (Phi) is 4.46. The third kappa shape index (κ3) is 3.22. The Morgan fingerprint density at radius 1 is 0.857 bits per heavy atom. The minimum atomic E-state index is 0.244. The van der Waals surface area contributed by atoms with Crippen molar-refractivity contribution in [2.45, 2.75) is 18.9 Å². The van der Waals surface area contributed by atoms with Gasteiger partial charge in [0.05, 0.1) is 6.04 Å².